The van der Waals surface area contributed by atoms with Gasteiger partial charge in [0.05, 0.1) is 13.0 Å². The van der Waals surface area contributed by atoms with E-state index < -0.39 is 17.9 Å². The smallest absolute Gasteiger partial charge is 0.329 e. The van der Waals surface area contributed by atoms with Crippen LogP contribution in [0.25, 0.3) is 0 Å². The van der Waals surface area contributed by atoms with Gasteiger partial charge in [-0.05, 0) is 24.5 Å². The molecule has 0 bridgehead atoms. The van der Waals surface area contributed by atoms with Gasteiger partial charge in [-0.1, -0.05) is 55.1 Å². The summed E-state index contributed by atoms with van der Waals surface area (Å²) in [6, 6.07) is 6.15. The summed E-state index contributed by atoms with van der Waals surface area (Å²) in [5.74, 6) is -1.44. The van der Waals surface area contributed by atoms with Gasteiger partial charge in [0.2, 0.25) is 5.91 Å². The fraction of sp³-hybridized carbons (Fsp3) is 0.364. The third-order valence-electron chi connectivity index (χ3n) is 4.52. The van der Waals surface area contributed by atoms with Crippen LogP contribution in [0.3, 0.4) is 0 Å². The number of amides is 1. The van der Waals surface area contributed by atoms with Crippen molar-refractivity contribution in [1.82, 2.24) is 5.32 Å². The second kappa shape index (κ2) is 10.8. The van der Waals surface area contributed by atoms with Crippen molar-refractivity contribution in [1.29, 1.82) is 0 Å². The third kappa shape index (κ3) is 6.42. The van der Waals surface area contributed by atoms with Gasteiger partial charge in [-0.15, -0.1) is 0 Å². The van der Waals surface area contributed by atoms with Crippen molar-refractivity contribution in [2.24, 2.45) is 0 Å². The topological polar surface area (TPSA) is 89.5 Å². The monoisotopic (exact) mass is 415 g/mol. The maximum atomic E-state index is 12.7. The summed E-state index contributed by atoms with van der Waals surface area (Å²) in [7, 11) is 1.23. The molecule has 2 unspecified atom stereocenters. The first kappa shape index (κ1) is 22.6. The molecular weight excluding hydrogens is 390 g/mol. The van der Waals surface area contributed by atoms with Crippen LogP contribution in [0.15, 0.2) is 48.1 Å². The van der Waals surface area contributed by atoms with Gasteiger partial charge < -0.3 is 10.1 Å². The average Bonchev–Trinajstić information content (AvgIpc) is 2.75. The predicted octanol–water partition coefficient (Wildman–Crippen LogP) is 3.19. The standard InChI is InChI=1S/C22H25NO5S/c1-14(22(27)29-13-19(21(26)28-3)23-15(2)24)17-10-7-11-18(12-17)20(25)16-8-5-4-6-9-16/h5,7-12,14,19H,4,6,13H2,1-3H3,(H,23,24). The molecule has 2 atom stereocenters. The number of rotatable bonds is 8. The Balaban J connectivity index is 2.06. The van der Waals surface area contributed by atoms with E-state index in [9.17, 15) is 19.2 Å². The van der Waals surface area contributed by atoms with Crippen molar-refractivity contribution in [2.75, 3.05) is 12.9 Å². The van der Waals surface area contributed by atoms with Crippen LogP contribution < -0.4 is 5.32 Å². The molecule has 0 fully saturated rings. The zero-order valence-corrected chi connectivity index (χ0v) is 17.6. The maximum absolute atomic E-state index is 12.7. The van der Waals surface area contributed by atoms with Gasteiger partial charge in [0, 0.05) is 23.8 Å². The molecule has 0 heterocycles. The summed E-state index contributed by atoms with van der Waals surface area (Å²) in [4.78, 5) is 48.3. The first-order valence-electron chi connectivity index (χ1n) is 9.36. The van der Waals surface area contributed by atoms with Gasteiger partial charge in [-0.2, -0.15) is 0 Å². The van der Waals surface area contributed by atoms with Crippen LogP contribution in [-0.4, -0.2) is 41.7 Å². The Hall–Kier alpha value is -2.67. The summed E-state index contributed by atoms with van der Waals surface area (Å²) in [6.45, 7) is 3.05. The minimum absolute atomic E-state index is 0.0634. The molecule has 2 rings (SSSR count). The Kier molecular flexibility index (Phi) is 8.39. The highest BCUT2D eigenvalue weighted by molar-refractivity contribution is 8.13. The number of Topliss-reactive ketones (excluding diaryl/α,β-unsaturated/α-hetero) is 1. The number of thioether (sulfide) groups is 1. The SMILES string of the molecule is COC(=O)C(CSC(=O)C(C)c1cccc(C(=O)C2=CCCC=C2)c1)NC(C)=O. The largest absolute Gasteiger partial charge is 0.467 e. The van der Waals surface area contributed by atoms with Gasteiger partial charge in [0.1, 0.15) is 6.04 Å². The van der Waals surface area contributed by atoms with Crippen molar-refractivity contribution >= 4 is 34.5 Å². The quantitative estimate of drug-likeness (QED) is 0.518. The van der Waals surface area contributed by atoms with E-state index in [-0.39, 0.29) is 22.6 Å². The Labute approximate surface area is 174 Å². The highest BCUT2D eigenvalue weighted by Gasteiger charge is 2.24. The van der Waals surface area contributed by atoms with Crippen molar-refractivity contribution in [3.8, 4) is 0 Å². The number of nitrogens with one attached hydrogen (secondary N) is 1. The molecule has 1 aliphatic rings. The lowest BCUT2D eigenvalue weighted by atomic mass is 9.94. The molecule has 154 valence electrons. The second-order valence-corrected chi connectivity index (χ2v) is 7.75. The highest BCUT2D eigenvalue weighted by Crippen LogP contribution is 2.25. The van der Waals surface area contributed by atoms with Gasteiger partial charge >= 0.3 is 5.97 Å². The minimum Gasteiger partial charge on any atom is -0.467 e. The molecule has 7 heteroatoms. The van der Waals surface area contributed by atoms with Crippen LogP contribution in [0.5, 0.6) is 0 Å². The lowest BCUT2D eigenvalue weighted by Gasteiger charge is -2.16. The Morgan fingerprint density at radius 1 is 1.21 bits per heavy atom. The van der Waals surface area contributed by atoms with Crippen LogP contribution in [0.1, 0.15) is 48.5 Å². The molecule has 1 aliphatic carbocycles. The molecule has 1 N–H and O–H groups in total. The predicted molar refractivity (Wildman–Crippen MR) is 113 cm³/mol. The molecule has 1 amide bonds. The van der Waals surface area contributed by atoms with Crippen LogP contribution in [0.4, 0.5) is 0 Å². The van der Waals surface area contributed by atoms with Gasteiger partial charge in [-0.3, -0.25) is 14.4 Å². The number of hydrogen-bond acceptors (Lipinski definition) is 6. The minimum atomic E-state index is -0.892. The van der Waals surface area contributed by atoms with Gasteiger partial charge in [-0.25, -0.2) is 4.79 Å². The van der Waals surface area contributed by atoms with E-state index in [4.69, 9.17) is 0 Å². The van der Waals surface area contributed by atoms with Crippen molar-refractivity contribution < 1.29 is 23.9 Å². The molecule has 0 saturated heterocycles. The summed E-state index contributed by atoms with van der Waals surface area (Å²) in [5.41, 5.74) is 1.93. The molecule has 6 nitrogen and oxygen atoms in total. The zero-order valence-electron chi connectivity index (χ0n) is 16.8. The number of allylic oxidation sites excluding steroid dienone is 4. The average molecular weight is 416 g/mol. The molecule has 0 aromatic heterocycles. The van der Waals surface area contributed by atoms with Crippen molar-refractivity contribution in [3.05, 3.63) is 59.2 Å². The summed E-state index contributed by atoms with van der Waals surface area (Å²) in [6.07, 6.45) is 7.52. The number of esters is 1. The van der Waals surface area contributed by atoms with E-state index in [0.29, 0.717) is 11.1 Å². The molecule has 0 aliphatic heterocycles. The van der Waals surface area contributed by atoms with Crippen LogP contribution >= 0.6 is 11.8 Å². The highest BCUT2D eigenvalue weighted by atomic mass is 32.2. The van der Waals surface area contributed by atoms with Crippen LogP contribution in [-0.2, 0) is 19.1 Å². The third-order valence-corrected chi connectivity index (χ3v) is 5.65. The molecule has 0 radical (unpaired) electrons. The summed E-state index contributed by atoms with van der Waals surface area (Å²) in [5, 5.41) is 2.32. The molecule has 1 aromatic rings. The molecular formula is C22H25NO5S. The van der Waals surface area contributed by atoms with E-state index in [1.54, 1.807) is 31.2 Å². The normalized spacial score (nSPS) is 15.1. The number of carbonyl (C=O) groups excluding carboxylic acids is 4. The van der Waals surface area contributed by atoms with Crippen molar-refractivity contribution in [3.63, 3.8) is 0 Å². The Morgan fingerprint density at radius 2 is 1.97 bits per heavy atom. The zero-order chi connectivity index (χ0) is 21.4. The lowest BCUT2D eigenvalue weighted by molar-refractivity contribution is -0.144. The van der Waals surface area contributed by atoms with Gasteiger partial charge in [0.15, 0.2) is 10.9 Å². The molecule has 0 spiro atoms. The van der Waals surface area contributed by atoms with E-state index >= 15 is 0 Å². The fourth-order valence-electron chi connectivity index (χ4n) is 2.88. The summed E-state index contributed by atoms with van der Waals surface area (Å²) >= 11 is 0.954. The van der Waals surface area contributed by atoms with Crippen molar-refractivity contribution in [2.45, 2.75) is 38.6 Å². The Morgan fingerprint density at radius 3 is 2.59 bits per heavy atom. The first-order chi connectivity index (χ1) is 13.8. The van der Waals surface area contributed by atoms with Crippen LogP contribution in [0, 0.1) is 0 Å². The number of benzene rings is 1. The molecule has 0 saturated carbocycles. The lowest BCUT2D eigenvalue weighted by Crippen LogP contribution is -2.42. The van der Waals surface area contributed by atoms with Gasteiger partial charge in [0.25, 0.3) is 0 Å². The number of ketones is 1. The fourth-order valence-corrected chi connectivity index (χ4v) is 3.82. The maximum Gasteiger partial charge on any atom is 0.329 e. The second-order valence-electron chi connectivity index (χ2n) is 6.72. The van der Waals surface area contributed by atoms with E-state index in [2.05, 4.69) is 10.1 Å². The number of hydrogen-bond donors (Lipinski definition) is 1. The number of ether oxygens (including phenoxy) is 1. The van der Waals surface area contributed by atoms with Crippen LogP contribution in [0.2, 0.25) is 0 Å². The molecule has 29 heavy (non-hydrogen) atoms. The first-order valence-corrected chi connectivity index (χ1v) is 10.3. The summed E-state index contributed by atoms with van der Waals surface area (Å²) < 4.78 is 4.66. The van der Waals surface area contributed by atoms with E-state index in [0.717, 1.165) is 30.2 Å². The Bertz CT molecular complexity index is 859. The van der Waals surface area contributed by atoms with E-state index in [1.807, 2.05) is 18.2 Å². The number of methoxy groups -OCH3 is 1. The number of carbonyl (C=O) groups is 4. The van der Waals surface area contributed by atoms with E-state index in [1.165, 1.54) is 14.0 Å². The molecule has 1 aromatic carbocycles.